The van der Waals surface area contributed by atoms with E-state index < -0.39 is 0 Å². The van der Waals surface area contributed by atoms with E-state index in [1.54, 1.807) is 6.07 Å². The van der Waals surface area contributed by atoms with E-state index in [-0.39, 0.29) is 12.2 Å². The van der Waals surface area contributed by atoms with E-state index in [9.17, 15) is 5.11 Å². The molecule has 0 amide bonds. The molecule has 0 spiro atoms. The first-order chi connectivity index (χ1) is 13.1. The molecule has 0 aromatic heterocycles. The van der Waals surface area contributed by atoms with Crippen molar-refractivity contribution in [2.45, 2.75) is 25.6 Å². The van der Waals surface area contributed by atoms with E-state index in [1.807, 2.05) is 42.5 Å². The number of nitrogens with one attached hydrogen (secondary N) is 1. The van der Waals surface area contributed by atoms with Crippen molar-refractivity contribution in [2.24, 2.45) is 4.99 Å². The molecule has 136 valence electrons. The van der Waals surface area contributed by atoms with Gasteiger partial charge in [0.25, 0.3) is 0 Å². The molecule has 1 aliphatic rings. The SMILES string of the molecule is Cc1ccc(C2N=C(c3ccc(Cl)cc3)CC(c3ccccc3O)N2)cc1. The van der Waals surface area contributed by atoms with Crippen LogP contribution >= 0.6 is 11.6 Å². The molecule has 27 heavy (non-hydrogen) atoms. The van der Waals surface area contributed by atoms with Crippen LogP contribution in [0, 0.1) is 6.92 Å². The molecule has 0 bridgehead atoms. The fourth-order valence-corrected chi connectivity index (χ4v) is 3.55. The van der Waals surface area contributed by atoms with Crippen molar-refractivity contribution in [1.29, 1.82) is 0 Å². The summed E-state index contributed by atoms with van der Waals surface area (Å²) in [5.74, 6) is 0.301. The van der Waals surface area contributed by atoms with Crippen LogP contribution in [0.2, 0.25) is 5.02 Å². The number of phenols is 1. The Bertz CT molecular complexity index is 964. The summed E-state index contributed by atoms with van der Waals surface area (Å²) in [7, 11) is 0. The number of aryl methyl sites for hydroxylation is 1. The number of para-hydroxylation sites is 1. The van der Waals surface area contributed by atoms with Gasteiger partial charge in [-0.25, -0.2) is 0 Å². The summed E-state index contributed by atoms with van der Waals surface area (Å²) in [4.78, 5) is 4.97. The van der Waals surface area contributed by atoms with Crippen LogP contribution in [0.5, 0.6) is 5.75 Å². The van der Waals surface area contributed by atoms with Gasteiger partial charge in [-0.2, -0.15) is 0 Å². The Labute approximate surface area is 164 Å². The number of halogens is 1. The highest BCUT2D eigenvalue weighted by Gasteiger charge is 2.27. The van der Waals surface area contributed by atoms with Gasteiger partial charge in [-0.3, -0.25) is 10.3 Å². The average molecular weight is 377 g/mol. The topological polar surface area (TPSA) is 44.6 Å². The maximum absolute atomic E-state index is 10.4. The molecular formula is C23H21ClN2O. The average Bonchev–Trinajstić information content (AvgIpc) is 2.69. The summed E-state index contributed by atoms with van der Waals surface area (Å²) in [6.07, 6.45) is 0.524. The van der Waals surface area contributed by atoms with E-state index in [2.05, 4.69) is 36.5 Å². The maximum atomic E-state index is 10.4. The predicted molar refractivity (Wildman–Crippen MR) is 111 cm³/mol. The molecule has 1 aliphatic heterocycles. The van der Waals surface area contributed by atoms with Crippen LogP contribution in [0.25, 0.3) is 0 Å². The van der Waals surface area contributed by atoms with E-state index in [4.69, 9.17) is 16.6 Å². The third-order valence-corrected chi connectivity index (χ3v) is 5.18. The number of aromatic hydroxyl groups is 1. The lowest BCUT2D eigenvalue weighted by Gasteiger charge is -2.31. The predicted octanol–water partition coefficient (Wildman–Crippen LogP) is 5.58. The van der Waals surface area contributed by atoms with E-state index in [0.717, 1.165) is 22.4 Å². The minimum atomic E-state index is -0.172. The molecule has 0 fully saturated rings. The summed E-state index contributed by atoms with van der Waals surface area (Å²) in [5.41, 5.74) is 5.26. The van der Waals surface area contributed by atoms with Gasteiger partial charge in [0.2, 0.25) is 0 Å². The Balaban J connectivity index is 1.75. The van der Waals surface area contributed by atoms with E-state index in [0.29, 0.717) is 17.2 Å². The number of hydrogen-bond donors (Lipinski definition) is 2. The summed E-state index contributed by atoms with van der Waals surface area (Å²) < 4.78 is 0. The van der Waals surface area contributed by atoms with Gasteiger partial charge in [-0.05, 0) is 36.2 Å². The lowest BCUT2D eigenvalue weighted by atomic mass is 9.93. The second-order valence-electron chi connectivity index (χ2n) is 6.88. The van der Waals surface area contributed by atoms with Crippen LogP contribution in [-0.2, 0) is 0 Å². The molecule has 2 atom stereocenters. The Kier molecular flexibility index (Phi) is 4.97. The summed E-state index contributed by atoms with van der Waals surface area (Å²) >= 11 is 6.05. The highest BCUT2D eigenvalue weighted by molar-refractivity contribution is 6.30. The number of phenolic OH excluding ortho intramolecular Hbond substituents is 1. The molecule has 0 saturated heterocycles. The van der Waals surface area contributed by atoms with Crippen molar-refractivity contribution >= 4 is 17.3 Å². The molecule has 4 heteroatoms. The van der Waals surface area contributed by atoms with Crippen molar-refractivity contribution in [1.82, 2.24) is 5.32 Å². The quantitative estimate of drug-likeness (QED) is 0.627. The number of nitrogens with zero attached hydrogens (tertiary/aromatic N) is 1. The Morgan fingerprint density at radius 3 is 2.37 bits per heavy atom. The van der Waals surface area contributed by atoms with Crippen molar-refractivity contribution in [3.05, 3.63) is 100 Å². The smallest absolute Gasteiger partial charge is 0.126 e. The highest BCUT2D eigenvalue weighted by atomic mass is 35.5. The molecule has 2 N–H and O–H groups in total. The second kappa shape index (κ2) is 7.55. The molecule has 3 aromatic carbocycles. The van der Waals surface area contributed by atoms with Gasteiger partial charge in [-0.15, -0.1) is 0 Å². The molecule has 3 aromatic rings. The fourth-order valence-electron chi connectivity index (χ4n) is 3.42. The van der Waals surface area contributed by atoms with Gasteiger partial charge in [0, 0.05) is 28.8 Å². The summed E-state index contributed by atoms with van der Waals surface area (Å²) in [5, 5.41) is 14.6. The van der Waals surface area contributed by atoms with Crippen LogP contribution < -0.4 is 5.32 Å². The third-order valence-electron chi connectivity index (χ3n) is 4.92. The molecule has 4 rings (SSSR count). The van der Waals surface area contributed by atoms with Gasteiger partial charge in [0.15, 0.2) is 0 Å². The Morgan fingerprint density at radius 2 is 1.67 bits per heavy atom. The summed E-state index contributed by atoms with van der Waals surface area (Å²) in [6.45, 7) is 2.07. The van der Waals surface area contributed by atoms with Gasteiger partial charge >= 0.3 is 0 Å². The molecule has 0 aliphatic carbocycles. The van der Waals surface area contributed by atoms with Crippen LogP contribution in [0.15, 0.2) is 77.8 Å². The Morgan fingerprint density at radius 1 is 0.963 bits per heavy atom. The maximum Gasteiger partial charge on any atom is 0.126 e. The number of benzene rings is 3. The minimum absolute atomic E-state index is 0.0271. The fraction of sp³-hybridized carbons (Fsp3) is 0.174. The van der Waals surface area contributed by atoms with Gasteiger partial charge < -0.3 is 5.11 Å². The van der Waals surface area contributed by atoms with Crippen LogP contribution in [0.1, 0.15) is 40.9 Å². The molecule has 0 saturated carbocycles. The van der Waals surface area contributed by atoms with Gasteiger partial charge in [0.1, 0.15) is 11.9 Å². The second-order valence-corrected chi connectivity index (χ2v) is 7.31. The normalized spacial score (nSPS) is 19.6. The van der Waals surface area contributed by atoms with Gasteiger partial charge in [-0.1, -0.05) is 71.8 Å². The minimum Gasteiger partial charge on any atom is -0.508 e. The molecule has 1 heterocycles. The number of hydrogen-bond acceptors (Lipinski definition) is 3. The standard InChI is InChI=1S/C23H21ClN2O/c1-15-6-8-17(9-7-15)23-25-20(16-10-12-18(24)13-11-16)14-21(26-23)19-4-2-3-5-22(19)27/h2-13,21,23,26-27H,14H2,1H3. The zero-order valence-electron chi connectivity index (χ0n) is 15.1. The zero-order chi connectivity index (χ0) is 18.8. The molecule has 0 radical (unpaired) electrons. The lowest BCUT2D eigenvalue weighted by Crippen LogP contribution is -2.33. The monoisotopic (exact) mass is 376 g/mol. The number of rotatable bonds is 3. The zero-order valence-corrected chi connectivity index (χ0v) is 15.8. The van der Waals surface area contributed by atoms with Crippen LogP contribution in [0.3, 0.4) is 0 Å². The summed E-state index contributed by atoms with van der Waals surface area (Å²) in [6, 6.07) is 23.6. The van der Waals surface area contributed by atoms with Crippen molar-refractivity contribution < 1.29 is 5.11 Å². The molecule has 2 unspecified atom stereocenters. The van der Waals surface area contributed by atoms with E-state index >= 15 is 0 Å². The van der Waals surface area contributed by atoms with E-state index in [1.165, 1.54) is 5.56 Å². The lowest BCUT2D eigenvalue weighted by molar-refractivity contribution is 0.412. The van der Waals surface area contributed by atoms with Crippen molar-refractivity contribution in [3.8, 4) is 5.75 Å². The third kappa shape index (κ3) is 3.90. The Hall–Kier alpha value is -2.62. The molecule has 3 nitrogen and oxygen atoms in total. The van der Waals surface area contributed by atoms with Crippen LogP contribution in [0.4, 0.5) is 0 Å². The first kappa shape index (κ1) is 17.8. The first-order valence-corrected chi connectivity index (χ1v) is 9.41. The highest BCUT2D eigenvalue weighted by Crippen LogP contribution is 2.34. The largest absolute Gasteiger partial charge is 0.508 e. The number of aliphatic imine (C=N–C) groups is 1. The van der Waals surface area contributed by atoms with Crippen LogP contribution in [-0.4, -0.2) is 10.8 Å². The molecular weight excluding hydrogens is 356 g/mol. The van der Waals surface area contributed by atoms with Crippen molar-refractivity contribution in [3.63, 3.8) is 0 Å². The van der Waals surface area contributed by atoms with Gasteiger partial charge in [0.05, 0.1) is 0 Å². The van der Waals surface area contributed by atoms with Crippen molar-refractivity contribution in [2.75, 3.05) is 0 Å². The first-order valence-electron chi connectivity index (χ1n) is 9.03.